The van der Waals surface area contributed by atoms with Crippen LogP contribution in [0.4, 0.5) is 0 Å². The van der Waals surface area contributed by atoms with Crippen molar-refractivity contribution in [1.29, 1.82) is 0 Å². The van der Waals surface area contributed by atoms with Crippen LogP contribution < -0.4 is 10.3 Å². The van der Waals surface area contributed by atoms with Crippen molar-refractivity contribution in [1.82, 2.24) is 19.9 Å². The van der Waals surface area contributed by atoms with Gasteiger partial charge in [0.2, 0.25) is 0 Å². The standard InChI is InChI=1S/C15H12N4O3/c1-2-5-19-15(21)9-8-12-10(7-11(9)16-17-19)14(20)18-6-3-4-13(18)22-12/h1,7-8,13H,3-6H2. The van der Waals surface area contributed by atoms with Crippen molar-refractivity contribution in [2.24, 2.45) is 0 Å². The summed E-state index contributed by atoms with van der Waals surface area (Å²) in [5.74, 6) is 2.70. The molecule has 2 aliphatic rings. The molecule has 0 radical (unpaired) electrons. The molecule has 0 N–H and O–H groups in total. The molecule has 0 spiro atoms. The van der Waals surface area contributed by atoms with Crippen LogP contribution in [-0.4, -0.2) is 38.6 Å². The summed E-state index contributed by atoms with van der Waals surface area (Å²) in [5, 5.41) is 8.11. The van der Waals surface area contributed by atoms with Gasteiger partial charge in [-0.25, -0.2) is 0 Å². The number of ether oxygens (including phenoxy) is 1. The summed E-state index contributed by atoms with van der Waals surface area (Å²) in [6.45, 7) is 0.742. The van der Waals surface area contributed by atoms with Crippen LogP contribution in [-0.2, 0) is 6.54 Å². The van der Waals surface area contributed by atoms with E-state index in [2.05, 4.69) is 16.2 Å². The van der Waals surface area contributed by atoms with E-state index in [1.165, 1.54) is 0 Å². The quantitative estimate of drug-likeness (QED) is 0.711. The van der Waals surface area contributed by atoms with Crippen molar-refractivity contribution in [2.75, 3.05) is 6.54 Å². The maximum atomic E-state index is 12.5. The lowest BCUT2D eigenvalue weighted by molar-refractivity contribution is 0.0295. The summed E-state index contributed by atoms with van der Waals surface area (Å²) in [4.78, 5) is 26.5. The fraction of sp³-hybridized carbons (Fsp3) is 0.333. The van der Waals surface area contributed by atoms with E-state index in [0.717, 1.165) is 17.5 Å². The lowest BCUT2D eigenvalue weighted by atomic mass is 10.1. The summed E-state index contributed by atoms with van der Waals surface area (Å²) < 4.78 is 6.97. The van der Waals surface area contributed by atoms with Gasteiger partial charge < -0.3 is 9.64 Å². The molecular weight excluding hydrogens is 284 g/mol. The van der Waals surface area contributed by atoms with Gasteiger partial charge in [0.15, 0.2) is 6.23 Å². The highest BCUT2D eigenvalue weighted by atomic mass is 16.5. The Kier molecular flexibility index (Phi) is 2.66. The number of carbonyl (C=O) groups excluding carboxylic acids is 1. The molecule has 1 saturated heterocycles. The molecular formula is C15H12N4O3. The van der Waals surface area contributed by atoms with Crippen molar-refractivity contribution in [3.8, 4) is 18.1 Å². The zero-order valence-corrected chi connectivity index (χ0v) is 11.7. The summed E-state index contributed by atoms with van der Waals surface area (Å²) in [6.07, 6.45) is 6.69. The molecule has 3 heterocycles. The highest BCUT2D eigenvalue weighted by molar-refractivity contribution is 6.01. The van der Waals surface area contributed by atoms with Crippen LogP contribution in [0.25, 0.3) is 10.9 Å². The summed E-state index contributed by atoms with van der Waals surface area (Å²) in [5.41, 5.74) is 0.455. The van der Waals surface area contributed by atoms with Gasteiger partial charge in [-0.05, 0) is 18.6 Å². The van der Waals surface area contributed by atoms with Crippen LogP contribution in [0.1, 0.15) is 23.2 Å². The average Bonchev–Trinajstić information content (AvgIpc) is 2.98. The number of amides is 1. The Morgan fingerprint density at radius 1 is 1.41 bits per heavy atom. The number of rotatable bonds is 1. The first-order chi connectivity index (χ1) is 10.7. The fourth-order valence-electron chi connectivity index (χ4n) is 2.95. The third-order valence-corrected chi connectivity index (χ3v) is 4.02. The van der Waals surface area contributed by atoms with Crippen molar-refractivity contribution in [3.05, 3.63) is 28.0 Å². The SMILES string of the molecule is C#CCn1nnc2cc3c(cc2c1=O)OC1CCCN1C3=O. The Morgan fingerprint density at radius 2 is 2.27 bits per heavy atom. The molecule has 22 heavy (non-hydrogen) atoms. The van der Waals surface area contributed by atoms with Crippen LogP contribution in [0, 0.1) is 12.3 Å². The van der Waals surface area contributed by atoms with Crippen LogP contribution >= 0.6 is 0 Å². The molecule has 0 bridgehead atoms. The van der Waals surface area contributed by atoms with E-state index in [9.17, 15) is 9.59 Å². The van der Waals surface area contributed by atoms with E-state index in [1.54, 1.807) is 17.0 Å². The predicted octanol–water partition coefficient (Wildman–Crippen LogP) is 0.379. The molecule has 1 aromatic carbocycles. The second kappa shape index (κ2) is 4.56. The second-order valence-corrected chi connectivity index (χ2v) is 5.34. The Bertz CT molecular complexity index is 896. The van der Waals surface area contributed by atoms with Gasteiger partial charge in [-0.2, -0.15) is 4.68 Å². The number of aromatic nitrogens is 3. The monoisotopic (exact) mass is 296 g/mol. The normalized spacial score (nSPS) is 19.5. The Hall–Kier alpha value is -2.88. The van der Waals surface area contributed by atoms with Gasteiger partial charge in [0.05, 0.1) is 10.9 Å². The van der Waals surface area contributed by atoms with Crippen LogP contribution in [0.5, 0.6) is 5.75 Å². The molecule has 2 aliphatic heterocycles. The number of fused-ring (bicyclic) bond motifs is 3. The third kappa shape index (κ3) is 1.70. The van der Waals surface area contributed by atoms with Gasteiger partial charge in [-0.15, -0.1) is 11.5 Å². The van der Waals surface area contributed by atoms with Gasteiger partial charge in [0.1, 0.15) is 17.8 Å². The van der Waals surface area contributed by atoms with Gasteiger partial charge in [0, 0.05) is 13.0 Å². The predicted molar refractivity (Wildman–Crippen MR) is 77.3 cm³/mol. The van der Waals surface area contributed by atoms with E-state index < -0.39 is 0 Å². The van der Waals surface area contributed by atoms with E-state index in [4.69, 9.17) is 11.2 Å². The zero-order valence-electron chi connectivity index (χ0n) is 11.7. The first-order valence-electron chi connectivity index (χ1n) is 7.01. The van der Waals surface area contributed by atoms with Crippen LogP contribution in [0.3, 0.4) is 0 Å². The van der Waals surface area contributed by atoms with E-state index in [1.807, 2.05) is 0 Å². The molecule has 7 nitrogen and oxygen atoms in total. The Balaban J connectivity index is 1.92. The second-order valence-electron chi connectivity index (χ2n) is 5.34. The van der Waals surface area contributed by atoms with E-state index >= 15 is 0 Å². The molecule has 1 unspecified atom stereocenters. The fourth-order valence-corrected chi connectivity index (χ4v) is 2.95. The number of nitrogens with zero attached hydrogens (tertiary/aromatic N) is 4. The molecule has 2 aromatic rings. The lowest BCUT2D eigenvalue weighted by Gasteiger charge is -2.31. The minimum absolute atomic E-state index is 0.0506. The Labute approximate surface area is 125 Å². The summed E-state index contributed by atoms with van der Waals surface area (Å²) in [7, 11) is 0. The maximum Gasteiger partial charge on any atom is 0.278 e. The van der Waals surface area contributed by atoms with Gasteiger partial charge in [-0.3, -0.25) is 9.59 Å². The van der Waals surface area contributed by atoms with Crippen molar-refractivity contribution in [3.63, 3.8) is 0 Å². The number of carbonyl (C=O) groups is 1. The van der Waals surface area contributed by atoms with Crippen molar-refractivity contribution in [2.45, 2.75) is 25.6 Å². The van der Waals surface area contributed by atoms with Gasteiger partial charge in [0.25, 0.3) is 11.5 Å². The Morgan fingerprint density at radius 3 is 3.09 bits per heavy atom. The smallest absolute Gasteiger partial charge is 0.278 e. The minimum atomic E-state index is -0.337. The molecule has 1 aromatic heterocycles. The minimum Gasteiger partial charge on any atom is -0.470 e. The molecule has 0 saturated carbocycles. The molecule has 4 rings (SSSR count). The number of hydrogen-bond donors (Lipinski definition) is 0. The van der Waals surface area contributed by atoms with Crippen LogP contribution in [0.15, 0.2) is 16.9 Å². The third-order valence-electron chi connectivity index (χ3n) is 4.02. The summed E-state index contributed by atoms with van der Waals surface area (Å²) >= 11 is 0. The first-order valence-corrected chi connectivity index (χ1v) is 7.01. The largest absolute Gasteiger partial charge is 0.470 e. The molecule has 110 valence electrons. The number of benzene rings is 1. The van der Waals surface area contributed by atoms with Crippen molar-refractivity contribution >= 4 is 16.8 Å². The van der Waals surface area contributed by atoms with E-state index in [-0.39, 0.29) is 24.2 Å². The van der Waals surface area contributed by atoms with Gasteiger partial charge in [-0.1, -0.05) is 11.1 Å². The molecule has 1 atom stereocenters. The highest BCUT2D eigenvalue weighted by Gasteiger charge is 2.37. The first kappa shape index (κ1) is 12.8. The zero-order chi connectivity index (χ0) is 15.3. The molecule has 7 heteroatoms. The topological polar surface area (TPSA) is 77.3 Å². The molecule has 0 aliphatic carbocycles. The lowest BCUT2D eigenvalue weighted by Crippen LogP contribution is -2.43. The van der Waals surface area contributed by atoms with Gasteiger partial charge >= 0.3 is 0 Å². The van der Waals surface area contributed by atoms with Crippen molar-refractivity contribution < 1.29 is 9.53 Å². The van der Waals surface area contributed by atoms with Crippen LogP contribution in [0.2, 0.25) is 0 Å². The highest BCUT2D eigenvalue weighted by Crippen LogP contribution is 2.34. The van der Waals surface area contributed by atoms with E-state index in [0.29, 0.717) is 28.8 Å². The molecule has 1 amide bonds. The molecule has 1 fully saturated rings. The summed E-state index contributed by atoms with van der Waals surface area (Å²) in [6, 6.07) is 3.14. The number of hydrogen-bond acceptors (Lipinski definition) is 5. The maximum absolute atomic E-state index is 12.5. The number of terminal acetylenes is 1. The average molecular weight is 296 g/mol.